The van der Waals surface area contributed by atoms with Gasteiger partial charge in [0, 0.05) is 19.7 Å². The smallest absolute Gasteiger partial charge is 0.348 e. The number of aryl methyl sites for hydroxylation is 1. The lowest BCUT2D eigenvalue weighted by Crippen LogP contribution is -2.20. The van der Waals surface area contributed by atoms with E-state index in [1.807, 2.05) is 55.5 Å². The van der Waals surface area contributed by atoms with Gasteiger partial charge >= 0.3 is 5.97 Å². The lowest BCUT2D eigenvalue weighted by Gasteiger charge is -2.11. The number of rotatable bonds is 6. The summed E-state index contributed by atoms with van der Waals surface area (Å²) in [6.45, 7) is 1.57. The van der Waals surface area contributed by atoms with Crippen LogP contribution in [0.4, 0.5) is 5.69 Å². The molecule has 3 aromatic rings. The van der Waals surface area contributed by atoms with Crippen molar-refractivity contribution in [1.29, 1.82) is 0 Å². The molecule has 2 aromatic carbocycles. The van der Waals surface area contributed by atoms with Crippen LogP contribution < -0.4 is 5.32 Å². The van der Waals surface area contributed by atoms with Gasteiger partial charge in [-0.05, 0) is 55.5 Å². The van der Waals surface area contributed by atoms with Crippen LogP contribution in [0.15, 0.2) is 70.5 Å². The van der Waals surface area contributed by atoms with E-state index in [-0.39, 0.29) is 12.5 Å². The van der Waals surface area contributed by atoms with Gasteiger partial charge in [0.15, 0.2) is 6.61 Å². The van der Waals surface area contributed by atoms with Gasteiger partial charge < -0.3 is 10.1 Å². The zero-order valence-corrected chi connectivity index (χ0v) is 16.8. The molecule has 3 rings (SSSR count). The van der Waals surface area contributed by atoms with Crippen molar-refractivity contribution in [2.24, 2.45) is 0 Å². The summed E-state index contributed by atoms with van der Waals surface area (Å²) in [4.78, 5) is 27.5. The molecule has 0 fully saturated rings. The van der Waals surface area contributed by atoms with Gasteiger partial charge in [-0.25, -0.2) is 4.79 Å². The van der Waals surface area contributed by atoms with Crippen molar-refractivity contribution in [2.75, 3.05) is 11.9 Å². The maximum Gasteiger partial charge on any atom is 0.348 e. The van der Waals surface area contributed by atoms with Crippen LogP contribution in [-0.4, -0.2) is 18.5 Å². The Balaban J connectivity index is 1.60. The lowest BCUT2D eigenvalue weighted by molar-refractivity contribution is -0.119. The molecule has 7 heteroatoms. The van der Waals surface area contributed by atoms with E-state index in [2.05, 4.69) is 5.32 Å². The maximum atomic E-state index is 12.2. The first-order valence-corrected chi connectivity index (χ1v) is 10.1. The monoisotopic (exact) mass is 417 g/mol. The van der Waals surface area contributed by atoms with Gasteiger partial charge in [0.1, 0.15) is 4.88 Å². The summed E-state index contributed by atoms with van der Waals surface area (Å²) >= 11 is 8.76. The highest BCUT2D eigenvalue weighted by Gasteiger charge is 2.13. The second kappa shape index (κ2) is 9.08. The minimum absolute atomic E-state index is 0.338. The minimum atomic E-state index is -0.493. The highest BCUT2D eigenvalue weighted by molar-refractivity contribution is 7.99. The molecule has 0 aliphatic carbocycles. The summed E-state index contributed by atoms with van der Waals surface area (Å²) < 4.78 is 5.08. The number of nitrogens with one attached hydrogen (secondary N) is 1. The summed E-state index contributed by atoms with van der Waals surface area (Å²) in [6, 6.07) is 18.4. The molecule has 0 radical (unpaired) electrons. The van der Waals surface area contributed by atoms with E-state index in [9.17, 15) is 9.59 Å². The van der Waals surface area contributed by atoms with Gasteiger partial charge in [-0.15, -0.1) is 11.3 Å². The Hall–Kier alpha value is -2.28. The van der Waals surface area contributed by atoms with E-state index in [0.717, 1.165) is 14.7 Å². The maximum absolute atomic E-state index is 12.2. The largest absolute Gasteiger partial charge is 0.451 e. The zero-order valence-electron chi connectivity index (χ0n) is 14.4. The number of hydrogen-bond acceptors (Lipinski definition) is 5. The molecule has 1 N–H and O–H groups in total. The molecule has 0 aliphatic rings. The number of halogens is 1. The molecule has 27 heavy (non-hydrogen) atoms. The van der Waals surface area contributed by atoms with Crippen molar-refractivity contribution in [1.82, 2.24) is 0 Å². The lowest BCUT2D eigenvalue weighted by atomic mass is 10.3. The molecule has 0 aliphatic heterocycles. The van der Waals surface area contributed by atoms with Crippen LogP contribution in [-0.2, 0) is 9.53 Å². The van der Waals surface area contributed by atoms with Crippen LogP contribution in [0.3, 0.4) is 0 Å². The predicted octanol–water partition coefficient (Wildman–Crippen LogP) is 5.66. The van der Waals surface area contributed by atoms with Crippen molar-refractivity contribution in [2.45, 2.75) is 16.7 Å². The van der Waals surface area contributed by atoms with E-state index < -0.39 is 5.97 Å². The molecule has 0 atom stereocenters. The van der Waals surface area contributed by atoms with E-state index in [1.165, 1.54) is 23.1 Å². The number of benzene rings is 2. The Labute approximate surface area is 170 Å². The van der Waals surface area contributed by atoms with Crippen LogP contribution in [0.25, 0.3) is 0 Å². The molecular weight excluding hydrogens is 402 g/mol. The number of carbonyl (C=O) groups excluding carboxylic acids is 2. The second-order valence-corrected chi connectivity index (χ2v) is 8.43. The minimum Gasteiger partial charge on any atom is -0.451 e. The van der Waals surface area contributed by atoms with Crippen LogP contribution in [0.2, 0.25) is 5.02 Å². The van der Waals surface area contributed by atoms with Crippen molar-refractivity contribution < 1.29 is 14.3 Å². The predicted molar refractivity (Wildman–Crippen MR) is 110 cm³/mol. The van der Waals surface area contributed by atoms with Crippen LogP contribution in [0.1, 0.15) is 14.5 Å². The summed E-state index contributed by atoms with van der Waals surface area (Å²) in [5.41, 5.74) is 0.658. The van der Waals surface area contributed by atoms with Gasteiger partial charge in [0.25, 0.3) is 5.91 Å². The third kappa shape index (κ3) is 5.60. The van der Waals surface area contributed by atoms with Gasteiger partial charge in [-0.2, -0.15) is 0 Å². The third-order valence-corrected chi connectivity index (χ3v) is 5.79. The van der Waals surface area contributed by atoms with Crippen molar-refractivity contribution in [3.05, 3.63) is 75.4 Å². The number of thiophene rings is 1. The fraction of sp³-hybridized carbons (Fsp3) is 0.100. The Morgan fingerprint density at radius 1 is 1.07 bits per heavy atom. The normalized spacial score (nSPS) is 10.4. The number of amides is 1. The topological polar surface area (TPSA) is 55.4 Å². The summed E-state index contributed by atoms with van der Waals surface area (Å²) in [6.07, 6.45) is 0. The molecule has 0 unspecified atom stereocenters. The summed E-state index contributed by atoms with van der Waals surface area (Å²) in [5, 5.41) is 3.46. The number of ether oxygens (including phenoxy) is 1. The molecule has 0 saturated heterocycles. The number of esters is 1. The number of hydrogen-bond donors (Lipinski definition) is 1. The second-order valence-electron chi connectivity index (χ2n) is 5.59. The van der Waals surface area contributed by atoms with Gasteiger partial charge in [0.05, 0.1) is 5.69 Å². The molecule has 0 bridgehead atoms. The average Bonchev–Trinajstić information content (AvgIpc) is 3.10. The van der Waals surface area contributed by atoms with Crippen LogP contribution in [0, 0.1) is 6.92 Å². The van der Waals surface area contributed by atoms with E-state index in [4.69, 9.17) is 16.3 Å². The van der Waals surface area contributed by atoms with Crippen molar-refractivity contribution >= 4 is 52.3 Å². The Bertz CT molecular complexity index is 954. The molecule has 4 nitrogen and oxygen atoms in total. The average molecular weight is 418 g/mol. The third-order valence-electron chi connectivity index (χ3n) is 3.48. The quantitative estimate of drug-likeness (QED) is 0.526. The summed E-state index contributed by atoms with van der Waals surface area (Å²) in [7, 11) is 0. The molecule has 0 spiro atoms. The molecule has 1 aromatic heterocycles. The molecular formula is C20H16ClNO3S2. The van der Waals surface area contributed by atoms with E-state index in [1.54, 1.807) is 12.1 Å². The SMILES string of the molecule is Cc1ccc(C(=O)OCC(=O)Nc2ccccc2Sc2ccc(Cl)cc2)s1. The first kappa shape index (κ1) is 19.5. The fourth-order valence-electron chi connectivity index (χ4n) is 2.22. The first-order chi connectivity index (χ1) is 13.0. The first-order valence-electron chi connectivity index (χ1n) is 8.07. The Morgan fingerprint density at radius 2 is 1.81 bits per heavy atom. The van der Waals surface area contributed by atoms with Crippen LogP contribution in [0.5, 0.6) is 0 Å². The molecule has 1 heterocycles. The van der Waals surface area contributed by atoms with Gasteiger partial charge in [0.2, 0.25) is 0 Å². The van der Waals surface area contributed by atoms with Gasteiger partial charge in [-0.3, -0.25) is 4.79 Å². The molecule has 0 saturated carbocycles. The summed E-state index contributed by atoms with van der Waals surface area (Å²) in [5.74, 6) is -0.882. The molecule has 138 valence electrons. The van der Waals surface area contributed by atoms with Crippen molar-refractivity contribution in [3.63, 3.8) is 0 Å². The Kier molecular flexibility index (Phi) is 6.55. The molecule has 1 amide bonds. The van der Waals surface area contributed by atoms with Crippen LogP contribution >= 0.6 is 34.7 Å². The number of carbonyl (C=O) groups is 2. The fourth-order valence-corrected chi connectivity index (χ4v) is 4.01. The Morgan fingerprint density at radius 3 is 2.52 bits per heavy atom. The number of anilines is 1. The number of para-hydroxylation sites is 1. The highest BCUT2D eigenvalue weighted by atomic mass is 35.5. The highest BCUT2D eigenvalue weighted by Crippen LogP contribution is 2.33. The standard InChI is InChI=1S/C20H16ClNO3S2/c1-13-6-11-18(26-13)20(24)25-12-19(23)22-16-4-2-3-5-17(16)27-15-9-7-14(21)8-10-15/h2-11H,12H2,1H3,(H,22,23). The van der Waals surface area contributed by atoms with Crippen molar-refractivity contribution in [3.8, 4) is 0 Å². The van der Waals surface area contributed by atoms with Gasteiger partial charge in [-0.1, -0.05) is 35.5 Å². The van der Waals surface area contributed by atoms with E-state index >= 15 is 0 Å². The zero-order chi connectivity index (χ0) is 19.2. The van der Waals surface area contributed by atoms with E-state index in [0.29, 0.717) is 15.6 Å².